The summed E-state index contributed by atoms with van der Waals surface area (Å²) >= 11 is 0. The normalized spacial score (nSPS) is 12.1. The molecule has 0 bridgehead atoms. The standard InChI is InChI=1S/C30H46N2O8S2/c1-41(33,34)39-25-17-9-5-3-7-15-23-37-29-21-13-11-19-27(29)31-32-28-20-12-14-22-30(28)38-24-16-8-4-6-10-18-26-40-42(2,35)36/h11-14,19-22H,3-10,15-18,23-26H2,1-2H3. The fourth-order valence-electron chi connectivity index (χ4n) is 4.04. The summed E-state index contributed by atoms with van der Waals surface area (Å²) in [5, 5.41) is 8.87. The first-order chi connectivity index (χ1) is 20.1. The van der Waals surface area contributed by atoms with Crippen molar-refractivity contribution in [3.05, 3.63) is 48.5 Å². The van der Waals surface area contributed by atoms with Gasteiger partial charge in [0.1, 0.15) is 22.9 Å². The van der Waals surface area contributed by atoms with Gasteiger partial charge in [-0.2, -0.15) is 16.8 Å². The molecule has 2 aromatic rings. The lowest BCUT2D eigenvalue weighted by Gasteiger charge is -2.09. The number of nitrogens with zero attached hydrogens (tertiary/aromatic N) is 2. The molecule has 0 aromatic heterocycles. The molecular formula is C30H46N2O8S2. The van der Waals surface area contributed by atoms with E-state index in [1.165, 1.54) is 0 Å². The summed E-state index contributed by atoms with van der Waals surface area (Å²) in [6.45, 7) is 1.66. The fourth-order valence-corrected chi connectivity index (χ4v) is 4.88. The van der Waals surface area contributed by atoms with E-state index in [4.69, 9.17) is 17.8 Å². The zero-order valence-corrected chi connectivity index (χ0v) is 26.5. The lowest BCUT2D eigenvalue weighted by Crippen LogP contribution is -2.03. The number of unbranched alkanes of at least 4 members (excludes halogenated alkanes) is 10. The monoisotopic (exact) mass is 626 g/mol. The molecule has 0 N–H and O–H groups in total. The molecule has 12 heteroatoms. The molecule has 0 saturated carbocycles. The maximum absolute atomic E-state index is 11.0. The molecule has 0 aliphatic carbocycles. The van der Waals surface area contributed by atoms with Gasteiger partial charge in [0, 0.05) is 0 Å². The summed E-state index contributed by atoms with van der Waals surface area (Å²) in [7, 11) is -6.69. The van der Waals surface area contributed by atoms with Crippen LogP contribution in [0.2, 0.25) is 0 Å². The van der Waals surface area contributed by atoms with Crippen molar-refractivity contribution in [2.24, 2.45) is 10.2 Å². The second-order valence-electron chi connectivity index (χ2n) is 10.1. The molecule has 0 fully saturated rings. The molecular weight excluding hydrogens is 580 g/mol. The van der Waals surface area contributed by atoms with Crippen LogP contribution in [0.1, 0.15) is 77.0 Å². The molecule has 0 unspecified atom stereocenters. The van der Waals surface area contributed by atoms with Crippen molar-refractivity contribution in [2.45, 2.75) is 77.0 Å². The van der Waals surface area contributed by atoms with E-state index in [2.05, 4.69) is 10.2 Å². The fraction of sp³-hybridized carbons (Fsp3) is 0.600. The number of azo groups is 1. The van der Waals surface area contributed by atoms with Crippen molar-refractivity contribution in [3.63, 3.8) is 0 Å². The van der Waals surface area contributed by atoms with Gasteiger partial charge in [0.05, 0.1) is 38.9 Å². The van der Waals surface area contributed by atoms with E-state index in [9.17, 15) is 16.8 Å². The van der Waals surface area contributed by atoms with Crippen LogP contribution in [0, 0.1) is 0 Å². The number of hydrogen-bond donors (Lipinski definition) is 0. The first-order valence-electron chi connectivity index (χ1n) is 14.7. The van der Waals surface area contributed by atoms with Gasteiger partial charge < -0.3 is 9.47 Å². The van der Waals surface area contributed by atoms with E-state index in [1.54, 1.807) is 0 Å². The van der Waals surface area contributed by atoms with Gasteiger partial charge in [-0.05, 0) is 49.9 Å². The highest BCUT2D eigenvalue weighted by Gasteiger charge is 2.06. The van der Waals surface area contributed by atoms with Gasteiger partial charge in [0.2, 0.25) is 0 Å². The van der Waals surface area contributed by atoms with E-state index < -0.39 is 20.2 Å². The van der Waals surface area contributed by atoms with E-state index in [-0.39, 0.29) is 13.2 Å². The number of ether oxygens (including phenoxy) is 2. The first kappa shape index (κ1) is 35.7. The van der Waals surface area contributed by atoms with Crippen LogP contribution in [-0.4, -0.2) is 55.8 Å². The Morgan fingerprint density at radius 3 is 1.14 bits per heavy atom. The largest absolute Gasteiger partial charge is 0.491 e. The van der Waals surface area contributed by atoms with Crippen molar-refractivity contribution in [3.8, 4) is 11.5 Å². The van der Waals surface area contributed by atoms with Gasteiger partial charge in [0.15, 0.2) is 0 Å². The number of para-hydroxylation sites is 2. The smallest absolute Gasteiger partial charge is 0.264 e. The van der Waals surface area contributed by atoms with Crippen molar-refractivity contribution < 1.29 is 34.7 Å². The lowest BCUT2D eigenvalue weighted by molar-refractivity contribution is 0.299. The van der Waals surface area contributed by atoms with Crippen LogP contribution in [0.15, 0.2) is 58.8 Å². The highest BCUT2D eigenvalue weighted by Crippen LogP contribution is 2.32. The molecule has 0 radical (unpaired) electrons. The van der Waals surface area contributed by atoms with Crippen LogP contribution in [0.3, 0.4) is 0 Å². The van der Waals surface area contributed by atoms with Crippen molar-refractivity contribution >= 4 is 31.6 Å². The van der Waals surface area contributed by atoms with Crippen LogP contribution in [0.4, 0.5) is 11.4 Å². The van der Waals surface area contributed by atoms with E-state index >= 15 is 0 Å². The predicted molar refractivity (Wildman–Crippen MR) is 165 cm³/mol. The van der Waals surface area contributed by atoms with Crippen molar-refractivity contribution in [2.75, 3.05) is 38.9 Å². The molecule has 0 atom stereocenters. The van der Waals surface area contributed by atoms with E-state index in [0.29, 0.717) is 36.1 Å². The van der Waals surface area contributed by atoms with Crippen LogP contribution in [-0.2, 0) is 28.6 Å². The van der Waals surface area contributed by atoms with Gasteiger partial charge in [-0.1, -0.05) is 75.6 Å². The molecule has 0 aliphatic rings. The van der Waals surface area contributed by atoms with Crippen LogP contribution < -0.4 is 9.47 Å². The third-order valence-corrected chi connectivity index (χ3v) is 7.37. The van der Waals surface area contributed by atoms with Crippen LogP contribution >= 0.6 is 0 Å². The second-order valence-corrected chi connectivity index (χ2v) is 13.4. The van der Waals surface area contributed by atoms with Crippen LogP contribution in [0.5, 0.6) is 11.5 Å². The summed E-state index contributed by atoms with van der Waals surface area (Å²) in [5.74, 6) is 1.36. The number of rotatable bonds is 24. The predicted octanol–water partition coefficient (Wildman–Crippen LogP) is 7.49. The third kappa shape index (κ3) is 18.1. The average Bonchev–Trinajstić information content (AvgIpc) is 2.93. The Balaban J connectivity index is 1.67. The zero-order chi connectivity index (χ0) is 30.5. The van der Waals surface area contributed by atoms with Gasteiger partial charge >= 0.3 is 0 Å². The Bertz CT molecular complexity index is 1170. The summed E-state index contributed by atoms with van der Waals surface area (Å²) < 4.78 is 65.3. The zero-order valence-electron chi connectivity index (χ0n) is 24.9. The topological polar surface area (TPSA) is 130 Å². The minimum atomic E-state index is -3.35. The van der Waals surface area contributed by atoms with Gasteiger partial charge in [-0.3, -0.25) is 8.37 Å². The molecule has 0 saturated heterocycles. The molecule has 2 aromatic carbocycles. The summed E-state index contributed by atoms with van der Waals surface area (Å²) in [4.78, 5) is 0. The molecule has 0 amide bonds. The quantitative estimate of drug-likeness (QED) is 0.0665. The summed E-state index contributed by atoms with van der Waals surface area (Å²) in [6.07, 6.45) is 13.6. The number of hydrogen-bond acceptors (Lipinski definition) is 10. The third-order valence-electron chi connectivity index (χ3n) is 6.18. The van der Waals surface area contributed by atoms with Gasteiger partial charge in [-0.25, -0.2) is 0 Å². The Morgan fingerprint density at radius 2 is 0.786 bits per heavy atom. The van der Waals surface area contributed by atoms with E-state index in [0.717, 1.165) is 89.6 Å². The molecule has 2 rings (SSSR count). The first-order valence-corrected chi connectivity index (χ1v) is 18.3. The Morgan fingerprint density at radius 1 is 0.476 bits per heavy atom. The lowest BCUT2D eigenvalue weighted by atomic mass is 10.1. The Hall–Kier alpha value is -2.54. The molecule has 236 valence electrons. The molecule has 0 aliphatic heterocycles. The molecule has 0 spiro atoms. The summed E-state index contributed by atoms with van der Waals surface area (Å²) in [6, 6.07) is 15.1. The highest BCUT2D eigenvalue weighted by molar-refractivity contribution is 7.86. The Kier molecular flexibility index (Phi) is 17.3. The average molecular weight is 627 g/mol. The van der Waals surface area contributed by atoms with Crippen molar-refractivity contribution in [1.29, 1.82) is 0 Å². The number of benzene rings is 2. The summed E-state index contributed by atoms with van der Waals surface area (Å²) in [5.41, 5.74) is 1.31. The SMILES string of the molecule is CS(=O)(=O)OCCCCCCCCOc1ccccc1N=Nc1ccccc1OCCCCCCCCOS(C)(=O)=O. The molecule has 0 heterocycles. The van der Waals surface area contributed by atoms with Gasteiger partial charge in [-0.15, -0.1) is 10.2 Å². The molecule has 10 nitrogen and oxygen atoms in total. The second kappa shape index (κ2) is 20.4. The Labute approximate surface area is 252 Å². The highest BCUT2D eigenvalue weighted by atomic mass is 32.2. The minimum absolute atomic E-state index is 0.250. The van der Waals surface area contributed by atoms with E-state index in [1.807, 2.05) is 48.5 Å². The maximum Gasteiger partial charge on any atom is 0.264 e. The van der Waals surface area contributed by atoms with Gasteiger partial charge in [0.25, 0.3) is 20.2 Å². The molecule has 42 heavy (non-hydrogen) atoms. The maximum atomic E-state index is 11.0. The van der Waals surface area contributed by atoms with Crippen LogP contribution in [0.25, 0.3) is 0 Å². The minimum Gasteiger partial charge on any atom is -0.491 e. The van der Waals surface area contributed by atoms with Crippen molar-refractivity contribution in [1.82, 2.24) is 0 Å².